The van der Waals surface area contributed by atoms with Gasteiger partial charge in [0.1, 0.15) is 24.1 Å². The molecular formula is C14H18N6O4. The fourth-order valence-electron chi connectivity index (χ4n) is 2.73. The molecule has 0 amide bonds. The third-order valence-electron chi connectivity index (χ3n) is 3.88. The maximum atomic E-state index is 10.3. The Balaban J connectivity index is 2.04. The highest BCUT2D eigenvalue weighted by Gasteiger charge is 2.44. The number of methoxy groups -OCH3 is 1. The van der Waals surface area contributed by atoms with Crippen LogP contribution in [0.3, 0.4) is 0 Å². The molecule has 1 fully saturated rings. The molecule has 3 rings (SSSR count). The molecule has 3 N–H and O–H groups in total. The summed E-state index contributed by atoms with van der Waals surface area (Å²) < 4.78 is 12.2. The molecule has 3 heterocycles. The van der Waals surface area contributed by atoms with Crippen molar-refractivity contribution in [1.82, 2.24) is 19.5 Å². The van der Waals surface area contributed by atoms with Gasteiger partial charge in [-0.15, -0.1) is 0 Å². The zero-order valence-corrected chi connectivity index (χ0v) is 13.2. The van der Waals surface area contributed by atoms with E-state index < -0.39 is 24.5 Å². The number of hydrogen-bond donors (Lipinski definition) is 3. The van der Waals surface area contributed by atoms with E-state index in [1.165, 1.54) is 18.0 Å². The molecule has 10 nitrogen and oxygen atoms in total. The van der Waals surface area contributed by atoms with Crippen LogP contribution in [0, 0.1) is 11.3 Å². The predicted molar refractivity (Wildman–Crippen MR) is 82.0 cm³/mol. The minimum atomic E-state index is -1.16. The molecule has 0 bridgehead atoms. The van der Waals surface area contributed by atoms with Crippen molar-refractivity contribution < 1.29 is 19.7 Å². The first-order valence-corrected chi connectivity index (χ1v) is 7.39. The number of aromatic nitrogens is 4. The van der Waals surface area contributed by atoms with E-state index in [4.69, 9.17) is 14.7 Å². The summed E-state index contributed by atoms with van der Waals surface area (Å²) >= 11 is 0. The number of nitriles is 1. The summed E-state index contributed by atoms with van der Waals surface area (Å²) in [5.41, 5.74) is 0.897. The number of hydrogen-bond acceptors (Lipinski definition) is 9. The molecule has 4 atom stereocenters. The lowest BCUT2D eigenvalue weighted by atomic mass is 10.1. The lowest BCUT2D eigenvalue weighted by Crippen LogP contribution is -2.33. The zero-order chi connectivity index (χ0) is 17.3. The van der Waals surface area contributed by atoms with Crippen LogP contribution < -0.4 is 5.32 Å². The fraction of sp³-hybridized carbons (Fsp3) is 0.571. The van der Waals surface area contributed by atoms with Gasteiger partial charge in [0.05, 0.1) is 25.4 Å². The minimum Gasteiger partial charge on any atom is -0.387 e. The van der Waals surface area contributed by atoms with Gasteiger partial charge in [0.25, 0.3) is 0 Å². The highest BCUT2D eigenvalue weighted by atomic mass is 16.6. The van der Waals surface area contributed by atoms with Gasteiger partial charge in [0.2, 0.25) is 0 Å². The lowest BCUT2D eigenvalue weighted by Gasteiger charge is -2.16. The quantitative estimate of drug-likeness (QED) is 0.641. The first kappa shape index (κ1) is 16.5. The second-order valence-corrected chi connectivity index (χ2v) is 5.40. The van der Waals surface area contributed by atoms with Crippen molar-refractivity contribution in [2.24, 2.45) is 0 Å². The third-order valence-corrected chi connectivity index (χ3v) is 3.88. The van der Waals surface area contributed by atoms with E-state index in [0.717, 1.165) is 0 Å². The van der Waals surface area contributed by atoms with E-state index in [0.29, 0.717) is 22.8 Å². The van der Waals surface area contributed by atoms with E-state index in [1.807, 2.05) is 6.07 Å². The van der Waals surface area contributed by atoms with Gasteiger partial charge in [0, 0.05) is 14.2 Å². The molecule has 2 aromatic heterocycles. The van der Waals surface area contributed by atoms with E-state index in [2.05, 4.69) is 20.3 Å². The van der Waals surface area contributed by atoms with E-state index >= 15 is 0 Å². The highest BCUT2D eigenvalue weighted by molar-refractivity contribution is 5.83. The van der Waals surface area contributed by atoms with Crippen LogP contribution in [0.1, 0.15) is 12.1 Å². The van der Waals surface area contributed by atoms with Crippen molar-refractivity contribution in [2.45, 2.75) is 31.0 Å². The summed E-state index contributed by atoms with van der Waals surface area (Å²) in [5, 5.41) is 32.2. The maximum Gasteiger partial charge on any atom is 0.168 e. The van der Waals surface area contributed by atoms with Crippen molar-refractivity contribution in [3.63, 3.8) is 0 Å². The van der Waals surface area contributed by atoms with Crippen LogP contribution in [0.4, 0.5) is 5.82 Å². The molecule has 3 unspecified atom stereocenters. The zero-order valence-electron chi connectivity index (χ0n) is 13.2. The number of anilines is 1. The number of rotatable bonds is 5. The third kappa shape index (κ3) is 2.67. The Morgan fingerprint density at radius 2 is 2.21 bits per heavy atom. The van der Waals surface area contributed by atoms with Crippen molar-refractivity contribution in [2.75, 3.05) is 26.1 Å². The van der Waals surface area contributed by atoms with Crippen LogP contribution in [0.2, 0.25) is 0 Å². The smallest absolute Gasteiger partial charge is 0.168 e. The Morgan fingerprint density at radius 3 is 2.88 bits per heavy atom. The topological polar surface area (TPSA) is 138 Å². The normalized spacial score (nSPS) is 26.6. The summed E-state index contributed by atoms with van der Waals surface area (Å²) in [4.78, 5) is 12.8. The summed E-state index contributed by atoms with van der Waals surface area (Å²) in [6, 6.07) is 2.00. The summed E-state index contributed by atoms with van der Waals surface area (Å²) in [6.07, 6.45) is -2.26. The van der Waals surface area contributed by atoms with Gasteiger partial charge in [-0.2, -0.15) is 5.26 Å². The van der Waals surface area contributed by atoms with Gasteiger partial charge in [-0.05, 0) is 0 Å². The number of ether oxygens (including phenoxy) is 2. The summed E-state index contributed by atoms with van der Waals surface area (Å²) in [7, 11) is 3.18. The minimum absolute atomic E-state index is 0.0405. The Hall–Kier alpha value is -2.32. The molecule has 0 radical (unpaired) electrons. The van der Waals surface area contributed by atoms with Crippen LogP contribution in [-0.4, -0.2) is 68.8 Å². The van der Waals surface area contributed by atoms with Gasteiger partial charge in [-0.1, -0.05) is 0 Å². The van der Waals surface area contributed by atoms with Gasteiger partial charge in [-0.3, -0.25) is 4.57 Å². The molecule has 128 valence electrons. The Kier molecular flexibility index (Phi) is 4.59. The molecule has 10 heteroatoms. The van der Waals surface area contributed by atoms with Crippen LogP contribution in [0.5, 0.6) is 0 Å². The number of nitrogens with one attached hydrogen (secondary N) is 1. The van der Waals surface area contributed by atoms with E-state index in [9.17, 15) is 10.2 Å². The molecular weight excluding hydrogens is 316 g/mol. The lowest BCUT2D eigenvalue weighted by molar-refractivity contribution is -0.0580. The molecule has 24 heavy (non-hydrogen) atoms. The van der Waals surface area contributed by atoms with Gasteiger partial charge < -0.3 is 25.0 Å². The monoisotopic (exact) mass is 334 g/mol. The van der Waals surface area contributed by atoms with Crippen LogP contribution in [-0.2, 0) is 15.9 Å². The first-order valence-electron chi connectivity index (χ1n) is 7.39. The molecule has 2 aromatic rings. The molecule has 1 aliphatic rings. The fourth-order valence-corrected chi connectivity index (χ4v) is 2.73. The van der Waals surface area contributed by atoms with Crippen molar-refractivity contribution in [3.05, 3.63) is 12.2 Å². The van der Waals surface area contributed by atoms with Crippen LogP contribution in [0.25, 0.3) is 11.2 Å². The van der Waals surface area contributed by atoms with Gasteiger partial charge >= 0.3 is 0 Å². The molecule has 1 saturated heterocycles. The van der Waals surface area contributed by atoms with Crippen LogP contribution >= 0.6 is 0 Å². The van der Waals surface area contributed by atoms with E-state index in [1.54, 1.807) is 7.05 Å². The summed E-state index contributed by atoms with van der Waals surface area (Å²) in [6.45, 7) is 0.151. The van der Waals surface area contributed by atoms with Gasteiger partial charge in [-0.25, -0.2) is 15.0 Å². The average Bonchev–Trinajstić information content (AvgIpc) is 3.11. The molecule has 0 saturated carbocycles. The number of nitrogens with zero attached hydrogens (tertiary/aromatic N) is 5. The SMILES string of the molecule is CNc1nc(CC#N)nc2c1ncn2C1O[C@H](COC)C(O)C1O. The Morgan fingerprint density at radius 1 is 1.42 bits per heavy atom. The van der Waals surface area contributed by atoms with Crippen molar-refractivity contribution in [1.29, 1.82) is 5.26 Å². The Bertz CT molecular complexity index is 772. The summed E-state index contributed by atoms with van der Waals surface area (Å²) in [5.74, 6) is 0.808. The van der Waals surface area contributed by atoms with Crippen LogP contribution in [0.15, 0.2) is 6.33 Å². The number of aliphatic hydroxyl groups excluding tert-OH is 2. The molecule has 0 spiro atoms. The van der Waals surface area contributed by atoms with Gasteiger partial charge in [0.15, 0.2) is 23.2 Å². The highest BCUT2D eigenvalue weighted by Crippen LogP contribution is 2.32. The van der Waals surface area contributed by atoms with Crippen molar-refractivity contribution in [3.8, 4) is 6.07 Å². The number of aliphatic hydroxyl groups is 2. The number of imidazole rings is 1. The molecule has 1 aliphatic heterocycles. The molecule has 0 aromatic carbocycles. The van der Waals surface area contributed by atoms with Crippen molar-refractivity contribution >= 4 is 17.0 Å². The van der Waals surface area contributed by atoms with E-state index in [-0.39, 0.29) is 13.0 Å². The second-order valence-electron chi connectivity index (χ2n) is 5.40. The maximum absolute atomic E-state index is 10.3. The second kappa shape index (κ2) is 6.66. The predicted octanol–water partition coefficient (Wildman–Crippen LogP) is -0.800. The molecule has 0 aliphatic carbocycles. The first-order chi connectivity index (χ1) is 11.6. The Labute approximate surface area is 137 Å². The average molecular weight is 334 g/mol. The standard InChI is InChI=1S/C14H18N6O4/c1-16-12-9-13(19-8(18-12)3-4-15)20(6-17-9)14-11(22)10(21)7(24-14)5-23-2/h6-7,10-11,14,21-22H,3,5H2,1-2H3,(H,16,18,19)/t7-,10?,11?,14?/m1/s1. The number of fused-ring (bicyclic) bond motifs is 1. The largest absolute Gasteiger partial charge is 0.387 e.